The first-order valence-corrected chi connectivity index (χ1v) is 8.63. The number of benzene rings is 3. The number of hydrogen-bond donors (Lipinski definition) is 3. The van der Waals surface area contributed by atoms with Gasteiger partial charge in [-0.1, -0.05) is 77.3 Å². The largest absolute Gasteiger partial charge is 0.397 e. The van der Waals surface area contributed by atoms with Crippen molar-refractivity contribution in [2.45, 2.75) is 0 Å². The highest BCUT2D eigenvalue weighted by Gasteiger charge is 2.15. The first-order chi connectivity index (χ1) is 12.5. The van der Waals surface area contributed by atoms with Crippen molar-refractivity contribution in [3.63, 3.8) is 0 Å². The second kappa shape index (κ2) is 9.46. The molecular weight excluding hydrogens is 393 g/mol. The van der Waals surface area contributed by atoms with Crippen LogP contribution in [0.25, 0.3) is 0 Å². The number of halogens is 3. The minimum atomic E-state index is -0.168. The van der Waals surface area contributed by atoms with Gasteiger partial charge in [0.05, 0.1) is 26.4 Å². The van der Waals surface area contributed by atoms with E-state index in [4.69, 9.17) is 46.4 Å². The van der Waals surface area contributed by atoms with Crippen LogP contribution >= 0.6 is 34.8 Å². The molecule has 0 aromatic heterocycles. The van der Waals surface area contributed by atoms with Crippen LogP contribution in [0.4, 0.5) is 11.4 Å². The molecule has 7 heteroatoms. The maximum absolute atomic E-state index is 12.2. The Balaban J connectivity index is 0.000000254. The van der Waals surface area contributed by atoms with Gasteiger partial charge in [0.25, 0.3) is 0 Å². The molecule has 0 amide bonds. The summed E-state index contributed by atoms with van der Waals surface area (Å²) < 4.78 is 0. The highest BCUT2D eigenvalue weighted by Crippen LogP contribution is 2.31. The van der Waals surface area contributed by atoms with Gasteiger partial charge in [0, 0.05) is 11.1 Å². The average Bonchev–Trinajstić information content (AvgIpc) is 2.67. The predicted molar refractivity (Wildman–Crippen MR) is 110 cm³/mol. The third-order valence-electron chi connectivity index (χ3n) is 3.44. The minimum Gasteiger partial charge on any atom is -0.397 e. The second-order valence-electron chi connectivity index (χ2n) is 5.14. The molecule has 0 aliphatic rings. The molecule has 26 heavy (non-hydrogen) atoms. The standard InChI is InChI=1S/C13H12ClN3O.C6H4Cl2/c14-11-10(17-16)7-6-9(12(11)15)13(18)8-4-2-1-3-5-8;7-5-3-1-2-4-6(5)8/h1-7,17H,15-16H2;1-4H. The van der Waals surface area contributed by atoms with E-state index in [1.807, 2.05) is 18.2 Å². The number of hydrazine groups is 1. The zero-order valence-corrected chi connectivity index (χ0v) is 15.8. The summed E-state index contributed by atoms with van der Waals surface area (Å²) in [5.74, 6) is 5.11. The molecule has 0 aliphatic carbocycles. The van der Waals surface area contributed by atoms with E-state index >= 15 is 0 Å². The topological polar surface area (TPSA) is 81.1 Å². The van der Waals surface area contributed by atoms with Gasteiger partial charge in [0.2, 0.25) is 0 Å². The van der Waals surface area contributed by atoms with E-state index in [-0.39, 0.29) is 16.5 Å². The summed E-state index contributed by atoms with van der Waals surface area (Å²) in [6.07, 6.45) is 0. The van der Waals surface area contributed by atoms with Gasteiger partial charge in [-0.2, -0.15) is 0 Å². The summed E-state index contributed by atoms with van der Waals surface area (Å²) in [6.45, 7) is 0. The molecule has 134 valence electrons. The fraction of sp³-hybridized carbons (Fsp3) is 0. The molecule has 0 atom stereocenters. The van der Waals surface area contributed by atoms with Crippen LogP contribution in [0.1, 0.15) is 15.9 Å². The first kappa shape index (κ1) is 20.1. The van der Waals surface area contributed by atoms with Crippen molar-refractivity contribution >= 4 is 52.0 Å². The quantitative estimate of drug-likeness (QED) is 0.233. The summed E-state index contributed by atoms with van der Waals surface area (Å²) in [5, 5.41) is 1.46. The van der Waals surface area contributed by atoms with E-state index in [2.05, 4.69) is 5.43 Å². The Bertz CT molecular complexity index is 881. The van der Waals surface area contributed by atoms with Crippen LogP contribution in [-0.2, 0) is 0 Å². The SMILES string of the molecule is Clc1ccccc1Cl.NNc1ccc(C(=O)c2ccccc2)c(N)c1Cl. The Labute approximate surface area is 166 Å². The van der Waals surface area contributed by atoms with Crippen LogP contribution in [0.15, 0.2) is 66.7 Å². The van der Waals surface area contributed by atoms with E-state index in [1.165, 1.54) is 0 Å². The zero-order valence-electron chi connectivity index (χ0n) is 13.5. The number of nitrogens with one attached hydrogen (secondary N) is 1. The smallest absolute Gasteiger partial charge is 0.195 e. The molecular formula is C19H16Cl3N3O. The van der Waals surface area contributed by atoms with Crippen LogP contribution < -0.4 is 17.0 Å². The Kier molecular flexibility index (Phi) is 7.30. The molecule has 0 saturated heterocycles. The lowest BCUT2D eigenvalue weighted by Gasteiger charge is -2.10. The van der Waals surface area contributed by atoms with Crippen molar-refractivity contribution in [1.29, 1.82) is 0 Å². The van der Waals surface area contributed by atoms with Crippen LogP contribution in [0.3, 0.4) is 0 Å². The van der Waals surface area contributed by atoms with Crippen LogP contribution in [0, 0.1) is 0 Å². The van der Waals surface area contributed by atoms with E-state index in [0.29, 0.717) is 26.9 Å². The van der Waals surface area contributed by atoms with E-state index in [0.717, 1.165) is 0 Å². The van der Waals surface area contributed by atoms with Crippen LogP contribution in [0.5, 0.6) is 0 Å². The third-order valence-corrected chi connectivity index (χ3v) is 4.60. The lowest BCUT2D eigenvalue weighted by Crippen LogP contribution is -2.11. The molecule has 0 bridgehead atoms. The molecule has 0 radical (unpaired) electrons. The number of carbonyl (C=O) groups is 1. The molecule has 0 spiro atoms. The van der Waals surface area contributed by atoms with Gasteiger partial charge in [0.15, 0.2) is 5.78 Å². The number of nitrogens with two attached hydrogens (primary N) is 2. The minimum absolute atomic E-state index is 0.168. The third kappa shape index (κ3) is 4.90. The van der Waals surface area contributed by atoms with Gasteiger partial charge in [-0.3, -0.25) is 10.6 Å². The van der Waals surface area contributed by atoms with Gasteiger partial charge in [-0.15, -0.1) is 0 Å². The maximum Gasteiger partial charge on any atom is 0.195 e. The molecule has 0 unspecified atom stereocenters. The molecule has 0 aliphatic heterocycles. The van der Waals surface area contributed by atoms with Crippen molar-refractivity contribution in [3.05, 3.63) is 92.9 Å². The fourth-order valence-corrected chi connectivity index (χ4v) is 2.58. The van der Waals surface area contributed by atoms with Crippen LogP contribution in [0.2, 0.25) is 15.1 Å². The molecule has 0 saturated carbocycles. The van der Waals surface area contributed by atoms with E-state index < -0.39 is 0 Å². The van der Waals surface area contributed by atoms with Crippen molar-refractivity contribution in [2.24, 2.45) is 5.84 Å². The normalized spacial score (nSPS) is 9.85. The molecule has 5 N–H and O–H groups in total. The number of nitrogen functional groups attached to an aromatic ring is 2. The first-order valence-electron chi connectivity index (χ1n) is 7.50. The molecule has 3 aromatic rings. The van der Waals surface area contributed by atoms with E-state index in [9.17, 15) is 4.79 Å². The number of carbonyl (C=O) groups excluding carboxylic acids is 1. The molecule has 0 fully saturated rings. The average molecular weight is 409 g/mol. The Morgan fingerprint density at radius 3 is 1.85 bits per heavy atom. The fourth-order valence-electron chi connectivity index (χ4n) is 2.09. The van der Waals surface area contributed by atoms with Crippen molar-refractivity contribution in [2.75, 3.05) is 11.2 Å². The van der Waals surface area contributed by atoms with Gasteiger partial charge in [0.1, 0.15) is 0 Å². The monoisotopic (exact) mass is 407 g/mol. The van der Waals surface area contributed by atoms with Gasteiger partial charge in [-0.25, -0.2) is 0 Å². The highest BCUT2D eigenvalue weighted by molar-refractivity contribution is 6.41. The Morgan fingerprint density at radius 1 is 0.808 bits per heavy atom. The number of ketones is 1. The lowest BCUT2D eigenvalue weighted by atomic mass is 10.0. The molecule has 0 heterocycles. The highest BCUT2D eigenvalue weighted by atomic mass is 35.5. The summed E-state index contributed by atoms with van der Waals surface area (Å²) in [7, 11) is 0. The van der Waals surface area contributed by atoms with Crippen LogP contribution in [-0.4, -0.2) is 5.78 Å². The number of anilines is 2. The van der Waals surface area contributed by atoms with Crippen molar-refractivity contribution in [1.82, 2.24) is 0 Å². The zero-order chi connectivity index (χ0) is 19.1. The summed E-state index contributed by atoms with van der Waals surface area (Å²) in [6, 6.07) is 19.3. The summed E-state index contributed by atoms with van der Waals surface area (Å²) in [5.41, 5.74) is 9.91. The predicted octanol–water partition coefficient (Wildman–Crippen LogP) is 5.43. The van der Waals surface area contributed by atoms with Gasteiger partial charge in [-0.05, 0) is 24.3 Å². The summed E-state index contributed by atoms with van der Waals surface area (Å²) >= 11 is 17.2. The molecule has 3 rings (SSSR count). The lowest BCUT2D eigenvalue weighted by molar-refractivity contribution is 0.103. The molecule has 4 nitrogen and oxygen atoms in total. The summed E-state index contributed by atoms with van der Waals surface area (Å²) in [4.78, 5) is 12.2. The number of hydrogen-bond acceptors (Lipinski definition) is 4. The van der Waals surface area contributed by atoms with Gasteiger partial charge < -0.3 is 11.2 Å². The van der Waals surface area contributed by atoms with E-state index in [1.54, 1.807) is 48.5 Å². The van der Waals surface area contributed by atoms with Crippen molar-refractivity contribution < 1.29 is 4.79 Å². The van der Waals surface area contributed by atoms with Gasteiger partial charge >= 0.3 is 0 Å². The Morgan fingerprint density at radius 2 is 1.35 bits per heavy atom. The van der Waals surface area contributed by atoms with Crippen molar-refractivity contribution in [3.8, 4) is 0 Å². The maximum atomic E-state index is 12.2. The molecule has 3 aromatic carbocycles. The number of rotatable bonds is 3. The Hall–Kier alpha value is -2.24. The second-order valence-corrected chi connectivity index (χ2v) is 6.33.